The molecule has 3 N–H and O–H groups in total. The van der Waals surface area contributed by atoms with E-state index < -0.39 is 0 Å². The van der Waals surface area contributed by atoms with Crippen molar-refractivity contribution in [3.8, 4) is 0 Å². The highest BCUT2D eigenvalue weighted by molar-refractivity contribution is 6.08. The average molecular weight is 361 g/mol. The molecular weight excluding hydrogens is 320 g/mol. The molecule has 0 atom stereocenters. The van der Waals surface area contributed by atoms with Crippen molar-refractivity contribution in [2.45, 2.75) is 83.6 Å². The second kappa shape index (κ2) is 18.2. The Morgan fingerprint density at radius 1 is 0.680 bits per heavy atom. The SMILES string of the molecule is [Si]CNCCCCCCCCCCCCCC[NH2+]Cc1ccccc1. The van der Waals surface area contributed by atoms with Gasteiger partial charge in [-0.15, -0.1) is 0 Å². The van der Waals surface area contributed by atoms with Crippen LogP contribution in [0.1, 0.15) is 82.6 Å². The second-order valence-electron chi connectivity index (χ2n) is 7.19. The summed E-state index contributed by atoms with van der Waals surface area (Å²) in [7, 11) is 3.43. The number of hydrogen-bond acceptors (Lipinski definition) is 1. The molecule has 0 aliphatic carbocycles. The highest BCUT2D eigenvalue weighted by Crippen LogP contribution is 2.11. The molecule has 0 bridgehead atoms. The normalized spacial score (nSPS) is 11.1. The van der Waals surface area contributed by atoms with E-state index in [1.165, 1.54) is 89.2 Å². The van der Waals surface area contributed by atoms with E-state index >= 15 is 0 Å². The molecule has 0 aromatic heterocycles. The summed E-state index contributed by atoms with van der Waals surface area (Å²) in [5.41, 5.74) is 1.44. The third kappa shape index (κ3) is 15.3. The zero-order valence-corrected chi connectivity index (χ0v) is 17.3. The minimum atomic E-state index is 0.923. The van der Waals surface area contributed by atoms with Gasteiger partial charge < -0.3 is 10.6 Å². The number of hydrogen-bond donors (Lipinski definition) is 2. The van der Waals surface area contributed by atoms with Crippen molar-refractivity contribution in [2.75, 3.05) is 19.3 Å². The van der Waals surface area contributed by atoms with Crippen molar-refractivity contribution >= 4 is 10.2 Å². The molecule has 3 radical (unpaired) electrons. The van der Waals surface area contributed by atoms with Crippen LogP contribution in [0.3, 0.4) is 0 Å². The molecule has 0 heterocycles. The van der Waals surface area contributed by atoms with E-state index in [0.717, 1.165) is 19.3 Å². The molecule has 0 spiro atoms. The van der Waals surface area contributed by atoms with Gasteiger partial charge in [-0.25, -0.2) is 0 Å². The van der Waals surface area contributed by atoms with Crippen LogP contribution in [0.2, 0.25) is 0 Å². The van der Waals surface area contributed by atoms with Crippen molar-refractivity contribution in [1.29, 1.82) is 0 Å². The molecule has 2 nitrogen and oxygen atoms in total. The first kappa shape index (κ1) is 22.4. The summed E-state index contributed by atoms with van der Waals surface area (Å²) < 4.78 is 0. The molecule has 0 aliphatic rings. The van der Waals surface area contributed by atoms with Gasteiger partial charge in [-0.2, -0.15) is 0 Å². The van der Waals surface area contributed by atoms with Gasteiger partial charge in [0.25, 0.3) is 0 Å². The summed E-state index contributed by atoms with van der Waals surface area (Å²) in [6.45, 7) is 3.57. The number of quaternary nitrogens is 1. The molecule has 141 valence electrons. The van der Waals surface area contributed by atoms with Crippen LogP contribution in [-0.2, 0) is 6.54 Å². The lowest BCUT2D eigenvalue weighted by Gasteiger charge is -2.04. The average Bonchev–Trinajstić information content (AvgIpc) is 2.65. The van der Waals surface area contributed by atoms with E-state index in [9.17, 15) is 0 Å². The summed E-state index contributed by atoms with van der Waals surface area (Å²) in [4.78, 5) is 0. The summed E-state index contributed by atoms with van der Waals surface area (Å²) >= 11 is 0. The van der Waals surface area contributed by atoms with Gasteiger partial charge in [0, 0.05) is 15.8 Å². The van der Waals surface area contributed by atoms with E-state index in [4.69, 9.17) is 0 Å². The summed E-state index contributed by atoms with van der Waals surface area (Å²) in [6, 6.07) is 10.8. The Morgan fingerprint density at radius 3 is 1.76 bits per heavy atom. The zero-order valence-electron chi connectivity index (χ0n) is 16.3. The fourth-order valence-corrected chi connectivity index (χ4v) is 3.45. The molecule has 3 heteroatoms. The molecule has 25 heavy (non-hydrogen) atoms. The predicted octanol–water partition coefficient (Wildman–Crippen LogP) is 4.15. The van der Waals surface area contributed by atoms with Crippen molar-refractivity contribution < 1.29 is 5.32 Å². The van der Waals surface area contributed by atoms with Gasteiger partial charge >= 0.3 is 0 Å². The number of nitrogens with one attached hydrogen (secondary N) is 1. The third-order valence-electron chi connectivity index (χ3n) is 4.86. The Bertz CT molecular complexity index is 370. The maximum absolute atomic E-state index is 3.43. The largest absolute Gasteiger partial charge is 0.343 e. The van der Waals surface area contributed by atoms with Crippen LogP contribution in [0.5, 0.6) is 0 Å². The fourth-order valence-electron chi connectivity index (χ4n) is 3.28. The van der Waals surface area contributed by atoms with Gasteiger partial charge in [-0.1, -0.05) is 88.1 Å². The molecule has 0 aliphatic heterocycles. The van der Waals surface area contributed by atoms with Crippen LogP contribution in [0, 0.1) is 0 Å². The molecule has 0 saturated carbocycles. The Labute approximate surface area is 160 Å². The maximum atomic E-state index is 3.43. The number of benzene rings is 1. The summed E-state index contributed by atoms with van der Waals surface area (Å²) in [6.07, 6.45) is 17.9. The highest BCUT2D eigenvalue weighted by atomic mass is 28.1. The topological polar surface area (TPSA) is 28.6 Å². The van der Waals surface area contributed by atoms with Gasteiger partial charge in [0.1, 0.15) is 6.54 Å². The smallest absolute Gasteiger partial charge is 0.101 e. The van der Waals surface area contributed by atoms with Crippen LogP contribution >= 0.6 is 0 Å². The van der Waals surface area contributed by atoms with Crippen molar-refractivity contribution in [3.05, 3.63) is 35.9 Å². The Morgan fingerprint density at radius 2 is 1.20 bits per heavy atom. The van der Waals surface area contributed by atoms with E-state index in [1.807, 2.05) is 0 Å². The van der Waals surface area contributed by atoms with Crippen LogP contribution in [0.15, 0.2) is 30.3 Å². The van der Waals surface area contributed by atoms with Crippen LogP contribution < -0.4 is 10.6 Å². The number of rotatable bonds is 18. The molecule has 0 amide bonds. The quantitative estimate of drug-likeness (QED) is 0.299. The Balaban J connectivity index is 1.69. The zero-order chi connectivity index (χ0) is 17.8. The van der Waals surface area contributed by atoms with Gasteiger partial charge in [0.2, 0.25) is 0 Å². The monoisotopic (exact) mass is 360 g/mol. The minimum Gasteiger partial charge on any atom is -0.343 e. The first-order chi connectivity index (χ1) is 12.4. The highest BCUT2D eigenvalue weighted by Gasteiger charge is 1.96. The molecule has 0 saturated heterocycles. The molecule has 0 fully saturated rings. The van der Waals surface area contributed by atoms with Gasteiger partial charge in [0.05, 0.1) is 6.54 Å². The molecular formula is C22H40N2Si+. The van der Waals surface area contributed by atoms with Crippen LogP contribution in [0.4, 0.5) is 0 Å². The fraction of sp³-hybridized carbons (Fsp3) is 0.727. The van der Waals surface area contributed by atoms with E-state index in [-0.39, 0.29) is 0 Å². The first-order valence-electron chi connectivity index (χ1n) is 10.6. The van der Waals surface area contributed by atoms with Crippen molar-refractivity contribution in [1.82, 2.24) is 5.32 Å². The number of unbranched alkanes of at least 4 members (excludes halogenated alkanes) is 11. The summed E-state index contributed by atoms with van der Waals surface area (Å²) in [5, 5.41) is 5.76. The molecule has 1 rings (SSSR count). The standard InChI is InChI=1S/C22H39N2Si/c25-21-24-19-15-10-8-6-4-2-1-3-5-7-9-14-18-23-20-22-16-12-11-13-17-22/h11-13,16-17,23-24H,1-10,14-15,18-21H2/p+1. The van der Waals surface area contributed by atoms with Gasteiger partial charge in [-0.3, -0.25) is 0 Å². The van der Waals surface area contributed by atoms with Gasteiger partial charge in [0.15, 0.2) is 0 Å². The van der Waals surface area contributed by atoms with Gasteiger partial charge in [-0.05, 0) is 32.0 Å². The third-order valence-corrected chi connectivity index (χ3v) is 5.11. The molecule has 0 unspecified atom stereocenters. The van der Waals surface area contributed by atoms with Crippen LogP contribution in [0.25, 0.3) is 0 Å². The Kier molecular flexibility index (Phi) is 16.3. The molecule has 1 aromatic rings. The van der Waals surface area contributed by atoms with Crippen LogP contribution in [-0.4, -0.2) is 29.5 Å². The van der Waals surface area contributed by atoms with Crippen molar-refractivity contribution in [2.24, 2.45) is 0 Å². The maximum Gasteiger partial charge on any atom is 0.101 e. The van der Waals surface area contributed by atoms with E-state index in [2.05, 4.69) is 51.2 Å². The lowest BCUT2D eigenvalue weighted by atomic mass is 10.1. The van der Waals surface area contributed by atoms with E-state index in [1.54, 1.807) is 0 Å². The van der Waals surface area contributed by atoms with Crippen molar-refractivity contribution in [3.63, 3.8) is 0 Å². The second-order valence-corrected chi connectivity index (χ2v) is 7.54. The summed E-state index contributed by atoms with van der Waals surface area (Å²) in [5.74, 6) is 0. The predicted molar refractivity (Wildman–Crippen MR) is 111 cm³/mol. The molecule has 1 aromatic carbocycles. The number of nitrogens with two attached hydrogens (primary N) is 1. The Hall–Kier alpha value is -0.643. The van der Waals surface area contributed by atoms with E-state index in [0.29, 0.717) is 0 Å². The minimum absolute atomic E-state index is 0.923. The lowest BCUT2D eigenvalue weighted by molar-refractivity contribution is -0.671. The first-order valence-corrected chi connectivity index (χ1v) is 11.3. The lowest BCUT2D eigenvalue weighted by Crippen LogP contribution is -2.82.